The summed E-state index contributed by atoms with van der Waals surface area (Å²) in [6.07, 6.45) is 2.61. The lowest BCUT2D eigenvalue weighted by molar-refractivity contribution is 0.122. The second-order valence-corrected chi connectivity index (χ2v) is 10.1. The first kappa shape index (κ1) is 26.6. The number of carbonyl (C=O) groups excluding carboxylic acids is 1. The van der Waals surface area contributed by atoms with Crippen molar-refractivity contribution in [2.45, 2.75) is 39.2 Å². The van der Waals surface area contributed by atoms with Crippen LogP contribution in [-0.4, -0.2) is 54.2 Å². The van der Waals surface area contributed by atoms with E-state index in [4.69, 9.17) is 14.5 Å². The number of hydrogen-bond donors (Lipinski definition) is 2. The zero-order valence-electron chi connectivity index (χ0n) is 21.4. The number of benzene rings is 1. The number of anilines is 3. The van der Waals surface area contributed by atoms with Crippen LogP contribution >= 0.6 is 11.3 Å². The van der Waals surface area contributed by atoms with Gasteiger partial charge in [0, 0.05) is 55.1 Å². The van der Waals surface area contributed by atoms with Crippen LogP contribution in [0.25, 0.3) is 0 Å². The molecule has 0 bridgehead atoms. The van der Waals surface area contributed by atoms with E-state index in [-0.39, 0.29) is 6.61 Å². The number of ether oxygens (including phenoxy) is 2. The van der Waals surface area contributed by atoms with E-state index in [1.807, 2.05) is 24.3 Å². The van der Waals surface area contributed by atoms with Gasteiger partial charge in [0.1, 0.15) is 22.4 Å². The number of amides is 1. The van der Waals surface area contributed by atoms with E-state index < -0.39 is 6.09 Å². The van der Waals surface area contributed by atoms with Crippen molar-refractivity contribution in [1.29, 1.82) is 0 Å². The Morgan fingerprint density at radius 3 is 2.81 bits per heavy atom. The topological polar surface area (TPSA) is 102 Å². The Bertz CT molecular complexity index is 1190. The van der Waals surface area contributed by atoms with E-state index in [0.717, 1.165) is 71.9 Å². The summed E-state index contributed by atoms with van der Waals surface area (Å²) in [5.74, 6) is 1.19. The van der Waals surface area contributed by atoms with Crippen molar-refractivity contribution in [2.24, 2.45) is 0 Å². The van der Waals surface area contributed by atoms with Crippen LogP contribution in [0.2, 0.25) is 0 Å². The maximum atomic E-state index is 11.9. The zero-order valence-corrected chi connectivity index (χ0v) is 22.2. The first-order valence-corrected chi connectivity index (χ1v) is 13.3. The molecular weight excluding hydrogens is 488 g/mol. The lowest BCUT2D eigenvalue weighted by Crippen LogP contribution is -2.36. The second-order valence-electron chi connectivity index (χ2n) is 9.06. The molecule has 1 aliphatic heterocycles. The summed E-state index contributed by atoms with van der Waals surface area (Å²) < 4.78 is 10.5. The van der Waals surface area contributed by atoms with Crippen molar-refractivity contribution < 1.29 is 14.3 Å². The van der Waals surface area contributed by atoms with Gasteiger partial charge in [-0.3, -0.25) is 5.32 Å². The quantitative estimate of drug-likeness (QED) is 0.338. The van der Waals surface area contributed by atoms with Gasteiger partial charge in [-0.15, -0.1) is 21.5 Å². The molecule has 1 saturated heterocycles. The minimum absolute atomic E-state index is 0.165. The third kappa shape index (κ3) is 7.99. The van der Waals surface area contributed by atoms with Crippen molar-refractivity contribution in [3.05, 3.63) is 70.3 Å². The van der Waals surface area contributed by atoms with Gasteiger partial charge in [0.05, 0.1) is 13.2 Å². The Labute approximate surface area is 221 Å². The number of nitrogens with one attached hydrogen (secondary N) is 2. The molecule has 2 N–H and O–H groups in total. The minimum atomic E-state index is -0.509. The van der Waals surface area contributed by atoms with E-state index in [0.29, 0.717) is 18.2 Å². The van der Waals surface area contributed by atoms with Crippen molar-refractivity contribution in [2.75, 3.05) is 48.4 Å². The Hall–Kier alpha value is -3.50. The van der Waals surface area contributed by atoms with Gasteiger partial charge in [0.15, 0.2) is 0 Å². The summed E-state index contributed by atoms with van der Waals surface area (Å²) in [6, 6.07) is 11.9. The fraction of sp³-hybridized carbons (Fsp3) is 0.407. The normalized spacial score (nSPS) is 13.4. The molecule has 0 radical (unpaired) electrons. The third-order valence-electron chi connectivity index (χ3n) is 5.79. The number of aryl methyl sites for hydroxylation is 2. The summed E-state index contributed by atoms with van der Waals surface area (Å²) in [5, 5.41) is 17.0. The first-order valence-electron chi connectivity index (χ1n) is 12.5. The maximum Gasteiger partial charge on any atom is 0.411 e. The van der Waals surface area contributed by atoms with Crippen LogP contribution in [0.3, 0.4) is 0 Å². The highest BCUT2D eigenvalue weighted by Gasteiger charge is 2.15. The molecule has 10 heteroatoms. The molecule has 37 heavy (non-hydrogen) atoms. The van der Waals surface area contributed by atoms with Crippen molar-refractivity contribution >= 4 is 34.6 Å². The van der Waals surface area contributed by atoms with Crippen molar-refractivity contribution in [3.63, 3.8) is 0 Å². The Kier molecular flexibility index (Phi) is 9.45. The third-order valence-corrected chi connectivity index (χ3v) is 7.07. The fourth-order valence-corrected chi connectivity index (χ4v) is 4.72. The van der Waals surface area contributed by atoms with Crippen molar-refractivity contribution in [1.82, 2.24) is 15.2 Å². The summed E-state index contributed by atoms with van der Waals surface area (Å²) in [5.41, 5.74) is 3.82. The van der Waals surface area contributed by atoms with Gasteiger partial charge in [0.25, 0.3) is 0 Å². The Morgan fingerprint density at radius 1 is 1.22 bits per heavy atom. The van der Waals surface area contributed by atoms with Gasteiger partial charge >= 0.3 is 6.09 Å². The van der Waals surface area contributed by atoms with E-state index in [1.54, 1.807) is 11.3 Å². The van der Waals surface area contributed by atoms with Crippen LogP contribution in [0.4, 0.5) is 22.0 Å². The highest BCUT2D eigenvalue weighted by atomic mass is 32.1. The molecule has 1 aromatic carbocycles. The molecule has 3 heterocycles. The van der Waals surface area contributed by atoms with Gasteiger partial charge in [-0.2, -0.15) is 0 Å². The number of pyridine rings is 1. The maximum absolute atomic E-state index is 11.9. The predicted octanol–water partition coefficient (Wildman–Crippen LogP) is 5.02. The van der Waals surface area contributed by atoms with Crippen molar-refractivity contribution in [3.8, 4) is 0 Å². The molecule has 0 atom stereocenters. The summed E-state index contributed by atoms with van der Waals surface area (Å²) in [6.45, 7) is 11.7. The summed E-state index contributed by atoms with van der Waals surface area (Å²) in [7, 11) is 0. The van der Waals surface area contributed by atoms with Crippen LogP contribution in [-0.2, 0) is 28.9 Å². The van der Waals surface area contributed by atoms with Gasteiger partial charge in [-0.1, -0.05) is 38.6 Å². The predicted molar refractivity (Wildman–Crippen MR) is 148 cm³/mol. The highest BCUT2D eigenvalue weighted by Crippen LogP contribution is 2.24. The van der Waals surface area contributed by atoms with Crippen LogP contribution in [0.5, 0.6) is 0 Å². The first-order chi connectivity index (χ1) is 18.0. The van der Waals surface area contributed by atoms with Crippen LogP contribution in [0.1, 0.15) is 41.0 Å². The number of aromatic nitrogens is 3. The number of nitrogens with zero attached hydrogens (tertiary/aromatic N) is 4. The molecule has 3 aromatic rings. The molecule has 4 rings (SSSR count). The largest absolute Gasteiger partial charge is 0.445 e. The van der Waals surface area contributed by atoms with Crippen LogP contribution < -0.4 is 15.5 Å². The van der Waals surface area contributed by atoms with Gasteiger partial charge in [-0.05, 0) is 30.2 Å². The minimum Gasteiger partial charge on any atom is -0.445 e. The van der Waals surface area contributed by atoms with Crippen LogP contribution in [0.15, 0.2) is 49.1 Å². The molecule has 1 fully saturated rings. The molecule has 1 aliphatic rings. The zero-order chi connectivity index (χ0) is 26.0. The van der Waals surface area contributed by atoms with E-state index >= 15 is 0 Å². The fourth-order valence-electron chi connectivity index (χ4n) is 3.87. The standard InChI is InChI=1S/C27H34N6O3S/c1-4-12-36-27(34)30-21-7-5-6-20(15-21)18-28-24-17-23(33-10-13-35-14-11-33)16-22(29-24)8-9-25-31-32-26(37-25)19(2)3/h4-7,15-17,19H,1,8-14,18H2,2-3H3,(H,28,29)(H,30,34). The van der Waals surface area contributed by atoms with Crippen LogP contribution in [0, 0.1) is 0 Å². The van der Waals surface area contributed by atoms with Gasteiger partial charge in [-0.25, -0.2) is 9.78 Å². The SMILES string of the molecule is C=CCOC(=O)Nc1cccc(CNc2cc(N3CCOCC3)cc(CCc3nnc(C(C)C)s3)n2)c1. The average molecular weight is 523 g/mol. The number of morpholine rings is 1. The molecule has 1 amide bonds. The molecule has 0 saturated carbocycles. The van der Waals surface area contributed by atoms with Gasteiger partial charge in [0.2, 0.25) is 0 Å². The summed E-state index contributed by atoms with van der Waals surface area (Å²) in [4.78, 5) is 19.1. The number of rotatable bonds is 11. The molecule has 9 nitrogen and oxygen atoms in total. The van der Waals surface area contributed by atoms with E-state index in [9.17, 15) is 4.79 Å². The molecule has 2 aromatic heterocycles. The second kappa shape index (κ2) is 13.2. The summed E-state index contributed by atoms with van der Waals surface area (Å²) >= 11 is 1.68. The molecule has 0 spiro atoms. The number of hydrogen-bond acceptors (Lipinski definition) is 9. The molecule has 0 aliphatic carbocycles. The lowest BCUT2D eigenvalue weighted by Gasteiger charge is -2.29. The molecule has 0 unspecified atom stereocenters. The average Bonchev–Trinajstić information content (AvgIpc) is 3.40. The highest BCUT2D eigenvalue weighted by molar-refractivity contribution is 7.11. The van der Waals surface area contributed by atoms with E-state index in [1.165, 1.54) is 6.08 Å². The monoisotopic (exact) mass is 522 g/mol. The van der Waals surface area contributed by atoms with Gasteiger partial charge < -0.3 is 19.7 Å². The molecular formula is C27H34N6O3S. The number of carbonyl (C=O) groups is 1. The van der Waals surface area contributed by atoms with E-state index in [2.05, 4.69) is 58.3 Å². The Balaban J connectivity index is 1.45. The molecule has 196 valence electrons. The Morgan fingerprint density at radius 2 is 2.05 bits per heavy atom. The lowest BCUT2D eigenvalue weighted by atomic mass is 10.1. The smallest absolute Gasteiger partial charge is 0.411 e.